The van der Waals surface area contributed by atoms with Gasteiger partial charge in [-0.3, -0.25) is 4.79 Å². The average molecular weight is 465 g/mol. The molecule has 5 rings (SSSR count). The second-order valence-corrected chi connectivity index (χ2v) is 9.23. The molecule has 3 N–H and O–H groups in total. The first kappa shape index (κ1) is 22.4. The van der Waals surface area contributed by atoms with Crippen LogP contribution in [0, 0.1) is 5.92 Å². The van der Waals surface area contributed by atoms with E-state index in [0.29, 0.717) is 18.8 Å². The third-order valence-corrected chi connectivity index (χ3v) is 6.88. The molecule has 8 nitrogen and oxygen atoms in total. The lowest BCUT2D eigenvalue weighted by Crippen LogP contribution is -2.52. The Bertz CT molecular complexity index is 1050. The number of rotatable bonds is 8. The summed E-state index contributed by atoms with van der Waals surface area (Å²) < 4.78 is 10.8. The van der Waals surface area contributed by atoms with Crippen LogP contribution >= 0.6 is 0 Å². The lowest BCUT2D eigenvalue weighted by molar-refractivity contribution is -0.148. The normalized spacial score (nSPS) is 21.9. The summed E-state index contributed by atoms with van der Waals surface area (Å²) in [6, 6.07) is 14.8. The Labute approximate surface area is 197 Å². The van der Waals surface area contributed by atoms with Gasteiger partial charge in [0.2, 0.25) is 5.91 Å². The standard InChI is InChI=1S/C26H28N2O6/c29-24(27-21-11-12-33-23(21)25(30)31)22(13-15-9-10-15)28-26(32)34-14-20-18-7-3-1-5-16(18)17-6-2-4-8-19(17)20/h1-8,15,20-23H,9-14H2,(H,27,29)(H,28,32)(H,30,31)/t21-,22+,23+/m1/s1. The van der Waals surface area contributed by atoms with Gasteiger partial charge in [-0.1, -0.05) is 61.4 Å². The third-order valence-electron chi connectivity index (χ3n) is 6.88. The van der Waals surface area contributed by atoms with Crippen molar-refractivity contribution in [3.63, 3.8) is 0 Å². The minimum atomic E-state index is -1.11. The van der Waals surface area contributed by atoms with Crippen LogP contribution in [0.4, 0.5) is 4.79 Å². The summed E-state index contributed by atoms with van der Waals surface area (Å²) in [5, 5.41) is 14.8. The van der Waals surface area contributed by atoms with Crippen molar-refractivity contribution in [1.82, 2.24) is 10.6 Å². The summed E-state index contributed by atoms with van der Waals surface area (Å²) in [5.74, 6) is -1.20. The van der Waals surface area contributed by atoms with Crippen LogP contribution in [0.1, 0.15) is 42.7 Å². The fraction of sp³-hybridized carbons (Fsp3) is 0.423. The summed E-state index contributed by atoms with van der Waals surface area (Å²) >= 11 is 0. The van der Waals surface area contributed by atoms with Gasteiger partial charge < -0.3 is 25.2 Å². The SMILES string of the molecule is O=C(N[C@@H](CC1CC1)C(=O)N[C@@H]1CCO[C@@H]1C(=O)O)OCC1c2ccccc2-c2ccccc21. The van der Waals surface area contributed by atoms with Crippen molar-refractivity contribution in [2.75, 3.05) is 13.2 Å². The van der Waals surface area contributed by atoms with Crippen molar-refractivity contribution >= 4 is 18.0 Å². The maximum Gasteiger partial charge on any atom is 0.407 e. The molecular weight excluding hydrogens is 436 g/mol. The van der Waals surface area contributed by atoms with Crippen LogP contribution in [0.15, 0.2) is 48.5 Å². The minimum absolute atomic E-state index is 0.0687. The van der Waals surface area contributed by atoms with E-state index in [2.05, 4.69) is 22.8 Å². The van der Waals surface area contributed by atoms with Gasteiger partial charge in [-0.2, -0.15) is 0 Å². The molecule has 2 aliphatic carbocycles. The zero-order chi connectivity index (χ0) is 23.7. The van der Waals surface area contributed by atoms with Crippen molar-refractivity contribution in [2.45, 2.75) is 49.8 Å². The number of hydrogen-bond acceptors (Lipinski definition) is 5. The zero-order valence-electron chi connectivity index (χ0n) is 18.7. The first-order chi connectivity index (χ1) is 16.5. The number of carbonyl (C=O) groups is 3. The van der Waals surface area contributed by atoms with E-state index in [-0.39, 0.29) is 19.1 Å². The minimum Gasteiger partial charge on any atom is -0.479 e. The molecular formula is C26H28N2O6. The molecule has 2 aromatic rings. The summed E-state index contributed by atoms with van der Waals surface area (Å²) in [6.45, 7) is 0.435. The molecule has 0 unspecified atom stereocenters. The number of carbonyl (C=O) groups excluding carboxylic acids is 2. The number of nitrogens with one attached hydrogen (secondary N) is 2. The molecule has 1 saturated carbocycles. The van der Waals surface area contributed by atoms with E-state index in [0.717, 1.165) is 35.1 Å². The van der Waals surface area contributed by atoms with Crippen molar-refractivity contribution < 1.29 is 29.0 Å². The van der Waals surface area contributed by atoms with Crippen LogP contribution in [-0.2, 0) is 19.1 Å². The van der Waals surface area contributed by atoms with Gasteiger partial charge in [0.25, 0.3) is 0 Å². The summed E-state index contributed by atoms with van der Waals surface area (Å²) in [7, 11) is 0. The number of alkyl carbamates (subject to hydrolysis) is 1. The smallest absolute Gasteiger partial charge is 0.407 e. The average Bonchev–Trinajstić information content (AvgIpc) is 3.43. The molecule has 2 aromatic carbocycles. The molecule has 0 radical (unpaired) electrons. The zero-order valence-corrected chi connectivity index (χ0v) is 18.7. The first-order valence-corrected chi connectivity index (χ1v) is 11.8. The van der Waals surface area contributed by atoms with E-state index in [1.807, 2.05) is 36.4 Å². The predicted octanol–water partition coefficient (Wildman–Crippen LogP) is 3.05. The van der Waals surface area contributed by atoms with E-state index < -0.39 is 36.2 Å². The molecule has 0 spiro atoms. The molecule has 0 aromatic heterocycles. The second-order valence-electron chi connectivity index (χ2n) is 9.23. The van der Waals surface area contributed by atoms with Gasteiger partial charge >= 0.3 is 12.1 Å². The number of fused-ring (bicyclic) bond motifs is 3. The number of benzene rings is 2. The van der Waals surface area contributed by atoms with Gasteiger partial charge in [0.1, 0.15) is 12.6 Å². The van der Waals surface area contributed by atoms with Crippen molar-refractivity contribution in [3.8, 4) is 11.1 Å². The number of carboxylic acid groups (broad SMARTS) is 1. The Morgan fingerprint density at radius 1 is 1.00 bits per heavy atom. The number of hydrogen-bond donors (Lipinski definition) is 3. The summed E-state index contributed by atoms with van der Waals surface area (Å²) in [6.07, 6.45) is 1.23. The van der Waals surface area contributed by atoms with Crippen LogP contribution in [0.2, 0.25) is 0 Å². The highest BCUT2D eigenvalue weighted by atomic mass is 16.5. The molecule has 34 heavy (non-hydrogen) atoms. The highest BCUT2D eigenvalue weighted by molar-refractivity contribution is 5.87. The molecule has 0 bridgehead atoms. The van der Waals surface area contributed by atoms with E-state index in [9.17, 15) is 19.5 Å². The second kappa shape index (κ2) is 9.46. The first-order valence-electron chi connectivity index (χ1n) is 11.8. The van der Waals surface area contributed by atoms with Crippen molar-refractivity contribution in [1.29, 1.82) is 0 Å². The molecule has 3 atom stereocenters. The van der Waals surface area contributed by atoms with Crippen LogP contribution in [-0.4, -0.2) is 54.5 Å². The molecule has 1 saturated heterocycles. The number of ether oxygens (including phenoxy) is 2. The van der Waals surface area contributed by atoms with E-state index in [1.54, 1.807) is 0 Å². The molecule has 1 heterocycles. The van der Waals surface area contributed by atoms with Crippen LogP contribution in [0.5, 0.6) is 0 Å². The van der Waals surface area contributed by atoms with Crippen molar-refractivity contribution in [2.24, 2.45) is 5.92 Å². The van der Waals surface area contributed by atoms with Crippen LogP contribution < -0.4 is 10.6 Å². The Hall–Kier alpha value is -3.39. The largest absolute Gasteiger partial charge is 0.479 e. The molecule has 2 fully saturated rings. The highest BCUT2D eigenvalue weighted by Gasteiger charge is 2.38. The topological polar surface area (TPSA) is 114 Å². The van der Waals surface area contributed by atoms with Gasteiger partial charge in [-0.25, -0.2) is 9.59 Å². The van der Waals surface area contributed by atoms with Gasteiger partial charge in [-0.05, 0) is 41.0 Å². The van der Waals surface area contributed by atoms with Gasteiger partial charge in [0.05, 0.1) is 6.04 Å². The lowest BCUT2D eigenvalue weighted by atomic mass is 9.98. The molecule has 8 heteroatoms. The number of aliphatic carboxylic acids is 1. The Morgan fingerprint density at radius 3 is 2.26 bits per heavy atom. The number of carboxylic acids is 1. The van der Waals surface area contributed by atoms with Crippen LogP contribution in [0.3, 0.4) is 0 Å². The van der Waals surface area contributed by atoms with Gasteiger partial charge in [-0.15, -0.1) is 0 Å². The van der Waals surface area contributed by atoms with Crippen LogP contribution in [0.25, 0.3) is 11.1 Å². The van der Waals surface area contributed by atoms with Gasteiger partial charge in [0.15, 0.2) is 6.10 Å². The van der Waals surface area contributed by atoms with E-state index in [1.165, 1.54) is 0 Å². The lowest BCUT2D eigenvalue weighted by Gasteiger charge is -2.23. The maximum absolute atomic E-state index is 12.9. The summed E-state index contributed by atoms with van der Waals surface area (Å²) in [4.78, 5) is 37.0. The quantitative estimate of drug-likeness (QED) is 0.553. The fourth-order valence-electron chi connectivity index (χ4n) is 4.96. The van der Waals surface area contributed by atoms with E-state index in [4.69, 9.17) is 9.47 Å². The molecule has 1 aliphatic heterocycles. The van der Waals surface area contributed by atoms with Gasteiger partial charge in [0, 0.05) is 12.5 Å². The summed E-state index contributed by atoms with van der Waals surface area (Å²) in [5.41, 5.74) is 4.52. The fourth-order valence-corrected chi connectivity index (χ4v) is 4.96. The number of amides is 2. The Kier molecular flexibility index (Phi) is 6.24. The predicted molar refractivity (Wildman–Crippen MR) is 123 cm³/mol. The monoisotopic (exact) mass is 464 g/mol. The molecule has 178 valence electrons. The maximum atomic E-state index is 12.9. The van der Waals surface area contributed by atoms with Crippen molar-refractivity contribution in [3.05, 3.63) is 59.7 Å². The Balaban J connectivity index is 1.22. The Morgan fingerprint density at radius 2 is 1.65 bits per heavy atom. The van der Waals surface area contributed by atoms with E-state index >= 15 is 0 Å². The third kappa shape index (κ3) is 4.63. The molecule has 3 aliphatic rings. The molecule has 2 amide bonds. The highest BCUT2D eigenvalue weighted by Crippen LogP contribution is 2.44.